The van der Waals surface area contributed by atoms with Crippen LogP contribution in [0.25, 0.3) is 0 Å². The van der Waals surface area contributed by atoms with Gasteiger partial charge in [-0.15, -0.1) is 23.2 Å². The lowest BCUT2D eigenvalue weighted by Crippen LogP contribution is -2.26. The van der Waals surface area contributed by atoms with E-state index in [2.05, 4.69) is 10.6 Å². The molecule has 1 aliphatic carbocycles. The van der Waals surface area contributed by atoms with Crippen molar-refractivity contribution >= 4 is 81.2 Å². The molecule has 1 fully saturated rings. The fourth-order valence-corrected chi connectivity index (χ4v) is 5.63. The lowest BCUT2D eigenvalue weighted by molar-refractivity contribution is -0.150. The molecule has 0 saturated heterocycles. The molecule has 44 heavy (non-hydrogen) atoms. The van der Waals surface area contributed by atoms with E-state index in [0.29, 0.717) is 11.6 Å². The summed E-state index contributed by atoms with van der Waals surface area (Å²) in [6.45, 7) is 0.931. The molecule has 3 atom stereocenters. The molecule has 16 heteroatoms. The number of carbonyl (C=O) groups excluding carboxylic acids is 3. The molecule has 3 N–H and O–H groups in total. The average molecular weight is 701 g/mol. The molecule has 0 aliphatic heterocycles. The minimum Gasteiger partial charge on any atom is -0.326 e. The van der Waals surface area contributed by atoms with Crippen LogP contribution in [-0.4, -0.2) is 28.2 Å². The first kappa shape index (κ1) is 33.7. The summed E-state index contributed by atoms with van der Waals surface area (Å²) in [5.41, 5.74) is -1.49. The van der Waals surface area contributed by atoms with Crippen molar-refractivity contribution in [2.24, 2.45) is 11.8 Å². The van der Waals surface area contributed by atoms with Crippen LogP contribution in [0.1, 0.15) is 35.2 Å². The molecule has 0 radical (unpaired) electrons. The Morgan fingerprint density at radius 2 is 1.55 bits per heavy atom. The summed E-state index contributed by atoms with van der Waals surface area (Å²) in [5, 5.41) is 6.15. The number of halogens is 10. The summed E-state index contributed by atoms with van der Waals surface area (Å²) in [6, 6.07) is 9.05. The van der Waals surface area contributed by atoms with Gasteiger partial charge in [0.1, 0.15) is 21.7 Å². The highest BCUT2D eigenvalue weighted by molar-refractivity contribution is 6.53. The number of benzene rings is 3. The van der Waals surface area contributed by atoms with Gasteiger partial charge in [0, 0.05) is 17.5 Å². The summed E-state index contributed by atoms with van der Waals surface area (Å²) in [6.07, 6.45) is -6.21. The topological polar surface area (TPSA) is 87.3 Å². The van der Waals surface area contributed by atoms with E-state index in [9.17, 15) is 36.3 Å². The first-order valence-corrected chi connectivity index (χ1v) is 14.0. The molecule has 1 unspecified atom stereocenters. The maximum atomic E-state index is 15.1. The van der Waals surface area contributed by atoms with Crippen LogP contribution in [0, 0.1) is 29.3 Å². The molecule has 0 spiro atoms. The maximum Gasteiger partial charge on any atom is 0.389 e. The average Bonchev–Trinajstić information content (AvgIpc) is 3.51. The fraction of sp³-hybridized carbons (Fsp3) is 0.250. The van der Waals surface area contributed by atoms with Gasteiger partial charge in [0.05, 0.1) is 33.6 Å². The molecule has 0 aromatic heterocycles. The van der Waals surface area contributed by atoms with Crippen molar-refractivity contribution in [2.75, 3.05) is 16.0 Å². The van der Waals surface area contributed by atoms with E-state index in [1.165, 1.54) is 24.3 Å². The maximum absolute atomic E-state index is 15.1. The molecule has 0 heterocycles. The van der Waals surface area contributed by atoms with Crippen molar-refractivity contribution in [1.29, 1.82) is 0 Å². The lowest BCUT2D eigenvalue weighted by atomic mass is 10.1. The van der Waals surface area contributed by atoms with Gasteiger partial charge in [0.2, 0.25) is 11.8 Å². The number of nitrogens with one attached hydrogen (secondary N) is 3. The van der Waals surface area contributed by atoms with Crippen molar-refractivity contribution in [3.05, 3.63) is 87.2 Å². The molecule has 234 valence electrons. The predicted octanol–water partition coefficient (Wildman–Crippen LogP) is 8.72. The lowest BCUT2D eigenvalue weighted by Gasteiger charge is -2.16. The van der Waals surface area contributed by atoms with Crippen molar-refractivity contribution < 1.29 is 40.7 Å². The summed E-state index contributed by atoms with van der Waals surface area (Å²) < 4.78 is 79.2. The van der Waals surface area contributed by atoms with Crippen LogP contribution in [0.15, 0.2) is 48.5 Å². The van der Waals surface area contributed by atoms with Crippen LogP contribution in [0.5, 0.6) is 0 Å². The van der Waals surface area contributed by atoms with Crippen LogP contribution >= 0.6 is 46.4 Å². The SMILES string of the molecule is CC(CC(F)(F)F)C(=O)Nc1c(F)ccc(NC(=O)c2cc(NC(=O)[C@H]3[C@H](c4ccc(F)c(Cl)c4)C3(Cl)Cl)ccc2Cl)c1F. The third-order valence-electron chi connectivity index (χ3n) is 6.69. The zero-order valence-corrected chi connectivity index (χ0v) is 25.1. The highest BCUT2D eigenvalue weighted by Crippen LogP contribution is 2.65. The number of hydrogen-bond donors (Lipinski definition) is 3. The highest BCUT2D eigenvalue weighted by atomic mass is 35.5. The Labute approximate surface area is 266 Å². The zero-order valence-electron chi connectivity index (χ0n) is 22.1. The second kappa shape index (κ2) is 12.7. The van der Waals surface area contributed by atoms with E-state index >= 15 is 4.39 Å². The van der Waals surface area contributed by atoms with Crippen molar-refractivity contribution in [1.82, 2.24) is 0 Å². The number of alkyl halides is 5. The van der Waals surface area contributed by atoms with E-state index in [-0.39, 0.29) is 21.3 Å². The van der Waals surface area contributed by atoms with Gasteiger partial charge in [-0.25, -0.2) is 13.2 Å². The van der Waals surface area contributed by atoms with Gasteiger partial charge in [-0.3, -0.25) is 14.4 Å². The Balaban J connectivity index is 1.49. The van der Waals surface area contributed by atoms with Crippen molar-refractivity contribution in [3.8, 4) is 0 Å². The Morgan fingerprint density at radius 1 is 0.886 bits per heavy atom. The summed E-state index contributed by atoms with van der Waals surface area (Å²) in [5.74, 6) is -9.78. The van der Waals surface area contributed by atoms with Gasteiger partial charge >= 0.3 is 6.18 Å². The number of carbonyl (C=O) groups is 3. The predicted molar refractivity (Wildman–Crippen MR) is 155 cm³/mol. The van der Waals surface area contributed by atoms with Gasteiger partial charge in [-0.1, -0.05) is 36.2 Å². The van der Waals surface area contributed by atoms with Gasteiger partial charge in [-0.2, -0.15) is 13.2 Å². The first-order chi connectivity index (χ1) is 20.4. The Kier molecular flexibility index (Phi) is 9.70. The first-order valence-electron chi connectivity index (χ1n) is 12.5. The van der Waals surface area contributed by atoms with Crippen molar-refractivity contribution in [2.45, 2.75) is 29.8 Å². The second-order valence-corrected chi connectivity index (χ2v) is 12.2. The summed E-state index contributed by atoms with van der Waals surface area (Å²) >= 11 is 24.6. The molecule has 4 rings (SSSR count). The largest absolute Gasteiger partial charge is 0.389 e. The summed E-state index contributed by atoms with van der Waals surface area (Å²) in [7, 11) is 0. The molecule has 3 amide bonds. The fourth-order valence-electron chi connectivity index (χ4n) is 4.41. The standard InChI is InChI=1S/C28H19Cl4F6N3O3/c1-11(10-27(36,37)38)24(42)41-23-18(34)6-7-19(22(23)35)40-25(43)14-9-13(3-4-15(14)29)39-26(44)21-20(28(21,31)32)12-2-5-17(33)16(30)8-12/h2-9,11,20-21H,10H2,1H3,(H,39,44)(H,40,43)(H,41,42)/t11?,20-,21+/m0/s1. The Bertz CT molecular complexity index is 1650. The zero-order chi connectivity index (χ0) is 32.7. The monoisotopic (exact) mass is 699 g/mol. The molecule has 1 aliphatic rings. The minimum absolute atomic E-state index is 0.0580. The van der Waals surface area contributed by atoms with E-state index in [4.69, 9.17) is 46.4 Å². The molecular formula is C28H19Cl4F6N3O3. The highest BCUT2D eigenvalue weighted by Gasteiger charge is 2.67. The third kappa shape index (κ3) is 7.36. The molecule has 1 saturated carbocycles. The molecule has 0 bridgehead atoms. The Hall–Kier alpha value is -3.19. The van der Waals surface area contributed by atoms with E-state index in [1.807, 2.05) is 0 Å². The number of rotatable bonds is 8. The smallest absolute Gasteiger partial charge is 0.326 e. The van der Waals surface area contributed by atoms with Crippen LogP contribution in [0.3, 0.4) is 0 Å². The molecular weight excluding hydrogens is 682 g/mol. The normalized spacial score (nSPS) is 17.9. The number of hydrogen-bond acceptors (Lipinski definition) is 3. The molecule has 3 aromatic rings. The van der Waals surface area contributed by atoms with E-state index in [1.54, 1.807) is 5.32 Å². The van der Waals surface area contributed by atoms with Gasteiger partial charge in [0.25, 0.3) is 5.91 Å². The van der Waals surface area contributed by atoms with E-state index in [0.717, 1.165) is 25.1 Å². The van der Waals surface area contributed by atoms with Gasteiger partial charge in [0.15, 0.2) is 5.82 Å². The van der Waals surface area contributed by atoms with E-state index < -0.39 is 81.2 Å². The van der Waals surface area contributed by atoms with Gasteiger partial charge < -0.3 is 16.0 Å². The van der Waals surface area contributed by atoms with Crippen molar-refractivity contribution in [3.63, 3.8) is 0 Å². The number of anilines is 3. The van der Waals surface area contributed by atoms with Gasteiger partial charge in [-0.05, 0) is 48.0 Å². The third-order valence-corrected chi connectivity index (χ3v) is 8.25. The molecule has 6 nitrogen and oxygen atoms in total. The van der Waals surface area contributed by atoms with Crippen LogP contribution in [0.4, 0.5) is 43.4 Å². The quantitative estimate of drug-likeness (QED) is 0.162. The second-order valence-electron chi connectivity index (χ2n) is 9.93. The molecule has 3 aromatic carbocycles. The van der Waals surface area contributed by atoms with Crippen LogP contribution in [-0.2, 0) is 9.59 Å². The van der Waals surface area contributed by atoms with Crippen LogP contribution in [0.2, 0.25) is 10.0 Å². The Morgan fingerprint density at radius 3 is 2.18 bits per heavy atom. The number of amides is 3. The van der Waals surface area contributed by atoms with Crippen LogP contribution < -0.4 is 16.0 Å². The summed E-state index contributed by atoms with van der Waals surface area (Å²) in [4.78, 5) is 38.1. The minimum atomic E-state index is -4.69.